The predicted octanol–water partition coefficient (Wildman–Crippen LogP) is 2.18. The van der Waals surface area contributed by atoms with Gasteiger partial charge in [0.25, 0.3) is 0 Å². The number of alkyl halides is 3. The lowest BCUT2D eigenvalue weighted by Gasteiger charge is -2.10. The number of carbonyl (C=O) groups excluding carboxylic acids is 1. The lowest BCUT2D eigenvalue weighted by Crippen LogP contribution is -2.11. The number of ether oxygens (including phenoxy) is 1. The quantitative estimate of drug-likeness (QED) is 0.378. The topological polar surface area (TPSA) is 64.3 Å². The van der Waals surface area contributed by atoms with Gasteiger partial charge in [-0.25, -0.2) is 4.79 Å². The zero-order valence-electron chi connectivity index (χ0n) is 9.41. The van der Waals surface area contributed by atoms with Gasteiger partial charge in [0.1, 0.15) is 0 Å². The summed E-state index contributed by atoms with van der Waals surface area (Å²) in [5.74, 6) is 4.52. The normalized spacial score (nSPS) is 11.6. The first-order valence-corrected chi connectivity index (χ1v) is 4.82. The summed E-state index contributed by atoms with van der Waals surface area (Å²) in [6.07, 6.45) is -2.05. The Morgan fingerprint density at radius 3 is 2.61 bits per heavy atom. The van der Waals surface area contributed by atoms with Crippen LogP contribution in [0, 0.1) is 0 Å². The van der Waals surface area contributed by atoms with Crippen LogP contribution in [0.1, 0.15) is 11.1 Å². The van der Waals surface area contributed by atoms with Gasteiger partial charge in [0.15, 0.2) is 0 Å². The summed E-state index contributed by atoms with van der Waals surface area (Å²) in [6, 6.07) is 2.96. The molecule has 0 heterocycles. The molecule has 98 valence electrons. The molecule has 0 saturated heterocycles. The van der Waals surface area contributed by atoms with Gasteiger partial charge in [-0.1, -0.05) is 6.07 Å². The predicted molar refractivity (Wildman–Crippen MR) is 60.3 cm³/mol. The fraction of sp³-hybridized carbons (Fsp3) is 0.182. The van der Waals surface area contributed by atoms with Crippen molar-refractivity contribution in [1.29, 1.82) is 0 Å². The molecule has 1 aromatic carbocycles. The van der Waals surface area contributed by atoms with Crippen molar-refractivity contribution in [2.45, 2.75) is 6.18 Å². The minimum atomic E-state index is -4.45. The molecule has 0 aromatic heterocycles. The van der Waals surface area contributed by atoms with Gasteiger partial charge < -0.3 is 10.2 Å². The van der Waals surface area contributed by atoms with Crippen LogP contribution >= 0.6 is 0 Å². The van der Waals surface area contributed by atoms with Gasteiger partial charge in [-0.2, -0.15) is 13.2 Å². The van der Waals surface area contributed by atoms with E-state index in [0.717, 1.165) is 18.2 Å². The van der Waals surface area contributed by atoms with Gasteiger partial charge in [0, 0.05) is 6.08 Å². The highest BCUT2D eigenvalue weighted by atomic mass is 19.4. The Morgan fingerprint density at radius 1 is 1.44 bits per heavy atom. The molecule has 0 bridgehead atoms. The van der Waals surface area contributed by atoms with E-state index in [1.165, 1.54) is 19.3 Å². The van der Waals surface area contributed by atoms with Crippen molar-refractivity contribution in [1.82, 2.24) is 0 Å². The summed E-state index contributed by atoms with van der Waals surface area (Å²) < 4.78 is 41.7. The lowest BCUT2D eigenvalue weighted by atomic mass is 10.1. The van der Waals surface area contributed by atoms with Crippen molar-refractivity contribution in [2.24, 2.45) is 5.84 Å². The molecular weight excluding hydrogens is 249 g/mol. The Hall–Kier alpha value is -2.02. The van der Waals surface area contributed by atoms with Gasteiger partial charge in [-0.05, 0) is 23.8 Å². The van der Waals surface area contributed by atoms with Crippen molar-refractivity contribution in [3.63, 3.8) is 0 Å². The van der Waals surface area contributed by atoms with E-state index in [1.54, 1.807) is 0 Å². The van der Waals surface area contributed by atoms with E-state index in [9.17, 15) is 18.0 Å². The van der Waals surface area contributed by atoms with Crippen LogP contribution in [0.5, 0.6) is 0 Å². The molecule has 1 rings (SSSR count). The average molecular weight is 260 g/mol. The third-order valence-electron chi connectivity index (χ3n) is 2.14. The number of carbonyl (C=O) groups is 1. The highest BCUT2D eigenvalue weighted by Crippen LogP contribution is 2.32. The standard InChI is InChI=1S/C11H11F3N2O2/c1-18-10(17)5-3-7-2-4-8(11(12,13)14)6-9(7)16-15/h2-6,16H,15H2,1H3. The third kappa shape index (κ3) is 3.49. The number of nitrogens with one attached hydrogen (secondary N) is 1. The molecule has 0 unspecified atom stereocenters. The summed E-state index contributed by atoms with van der Waals surface area (Å²) in [4.78, 5) is 10.9. The number of esters is 1. The molecule has 0 saturated carbocycles. The minimum Gasteiger partial charge on any atom is -0.466 e. The van der Waals surface area contributed by atoms with E-state index >= 15 is 0 Å². The Kier molecular flexibility index (Phi) is 4.33. The SMILES string of the molecule is COC(=O)C=Cc1ccc(C(F)(F)F)cc1NN. The smallest absolute Gasteiger partial charge is 0.416 e. The average Bonchev–Trinajstić information content (AvgIpc) is 2.34. The van der Waals surface area contributed by atoms with Crippen molar-refractivity contribution in [3.05, 3.63) is 35.4 Å². The van der Waals surface area contributed by atoms with Crippen LogP contribution in [0.15, 0.2) is 24.3 Å². The second-order valence-corrected chi connectivity index (χ2v) is 3.30. The van der Waals surface area contributed by atoms with Crippen LogP contribution < -0.4 is 11.3 Å². The number of hydrogen-bond donors (Lipinski definition) is 2. The van der Waals surface area contributed by atoms with Crippen LogP contribution in [-0.2, 0) is 15.7 Å². The fourth-order valence-corrected chi connectivity index (χ4v) is 1.23. The molecule has 0 radical (unpaired) electrons. The molecule has 1 aromatic rings. The molecular formula is C11H11F3N2O2. The molecule has 18 heavy (non-hydrogen) atoms. The van der Waals surface area contributed by atoms with Crippen LogP contribution in [-0.4, -0.2) is 13.1 Å². The number of halogens is 3. The Labute approximate surface area is 101 Å². The maximum absolute atomic E-state index is 12.4. The lowest BCUT2D eigenvalue weighted by molar-refractivity contribution is -0.137. The van der Waals surface area contributed by atoms with E-state index in [4.69, 9.17) is 5.84 Å². The fourth-order valence-electron chi connectivity index (χ4n) is 1.23. The van der Waals surface area contributed by atoms with E-state index < -0.39 is 17.7 Å². The number of anilines is 1. The van der Waals surface area contributed by atoms with Crippen molar-refractivity contribution < 1.29 is 22.7 Å². The number of hydrogen-bond acceptors (Lipinski definition) is 4. The van der Waals surface area contributed by atoms with Crippen LogP contribution in [0.3, 0.4) is 0 Å². The first kappa shape index (κ1) is 14.0. The van der Waals surface area contributed by atoms with Gasteiger partial charge in [0.2, 0.25) is 0 Å². The Morgan fingerprint density at radius 2 is 2.11 bits per heavy atom. The number of benzene rings is 1. The van der Waals surface area contributed by atoms with E-state index in [2.05, 4.69) is 10.2 Å². The first-order chi connectivity index (χ1) is 8.38. The highest BCUT2D eigenvalue weighted by molar-refractivity contribution is 5.88. The molecule has 0 aliphatic heterocycles. The van der Waals surface area contributed by atoms with Crippen LogP contribution in [0.2, 0.25) is 0 Å². The molecule has 0 aliphatic carbocycles. The third-order valence-corrected chi connectivity index (χ3v) is 2.14. The van der Waals surface area contributed by atoms with Crippen molar-refractivity contribution in [3.8, 4) is 0 Å². The van der Waals surface area contributed by atoms with Crippen molar-refractivity contribution >= 4 is 17.7 Å². The van der Waals surface area contributed by atoms with Crippen LogP contribution in [0.4, 0.5) is 18.9 Å². The van der Waals surface area contributed by atoms with E-state index in [-0.39, 0.29) is 5.69 Å². The second-order valence-electron chi connectivity index (χ2n) is 3.30. The molecule has 3 N–H and O–H groups in total. The second kappa shape index (κ2) is 5.54. The Balaban J connectivity index is 3.08. The number of nitrogen functional groups attached to an aromatic ring is 1. The maximum Gasteiger partial charge on any atom is 0.416 e. The summed E-state index contributed by atoms with van der Waals surface area (Å²) in [6.45, 7) is 0. The summed E-state index contributed by atoms with van der Waals surface area (Å²) in [7, 11) is 1.20. The molecule has 0 amide bonds. The molecule has 0 fully saturated rings. The molecule has 0 spiro atoms. The maximum atomic E-state index is 12.4. The first-order valence-electron chi connectivity index (χ1n) is 4.82. The Bertz CT molecular complexity index is 470. The zero-order valence-corrected chi connectivity index (χ0v) is 9.41. The number of methoxy groups -OCH3 is 1. The molecule has 0 aliphatic rings. The van der Waals surface area contributed by atoms with Gasteiger partial charge in [-0.15, -0.1) is 0 Å². The van der Waals surface area contributed by atoms with Crippen LogP contribution in [0.25, 0.3) is 6.08 Å². The number of rotatable bonds is 3. The molecule has 7 heteroatoms. The monoisotopic (exact) mass is 260 g/mol. The molecule has 4 nitrogen and oxygen atoms in total. The van der Waals surface area contributed by atoms with Gasteiger partial charge >= 0.3 is 12.1 Å². The molecule has 0 atom stereocenters. The summed E-state index contributed by atoms with van der Waals surface area (Å²) in [5, 5.41) is 0. The minimum absolute atomic E-state index is 0.0602. The van der Waals surface area contributed by atoms with E-state index in [1.807, 2.05) is 0 Å². The van der Waals surface area contributed by atoms with Gasteiger partial charge in [-0.3, -0.25) is 5.84 Å². The van der Waals surface area contributed by atoms with Crippen molar-refractivity contribution in [2.75, 3.05) is 12.5 Å². The van der Waals surface area contributed by atoms with E-state index in [0.29, 0.717) is 5.56 Å². The number of hydrazine groups is 1. The highest BCUT2D eigenvalue weighted by Gasteiger charge is 2.30. The largest absolute Gasteiger partial charge is 0.466 e. The summed E-state index contributed by atoms with van der Waals surface area (Å²) >= 11 is 0. The zero-order chi connectivity index (χ0) is 13.8. The van der Waals surface area contributed by atoms with Gasteiger partial charge in [0.05, 0.1) is 18.4 Å². The summed E-state index contributed by atoms with van der Waals surface area (Å²) in [5.41, 5.74) is 1.72. The number of nitrogens with two attached hydrogens (primary N) is 1.